The molecule has 0 saturated carbocycles. The Labute approximate surface area is 242 Å². The van der Waals surface area contributed by atoms with Crippen molar-refractivity contribution in [1.82, 2.24) is 10.3 Å². The number of ether oxygens (including phenoxy) is 2. The number of nitrogens with one attached hydrogen (secondary N) is 1. The second kappa shape index (κ2) is 13.1. The van der Waals surface area contributed by atoms with E-state index < -0.39 is 40.1 Å². The Bertz CT molecular complexity index is 1450. The van der Waals surface area contributed by atoms with Gasteiger partial charge < -0.3 is 24.8 Å². The molecule has 2 aromatic carbocycles. The molecule has 0 aliphatic carbocycles. The number of methoxy groups -OCH3 is 1. The lowest BCUT2D eigenvalue weighted by Gasteiger charge is -2.25. The normalized spacial score (nSPS) is 18.1. The van der Waals surface area contributed by atoms with Crippen LogP contribution < -0.4 is 15.0 Å². The van der Waals surface area contributed by atoms with Crippen molar-refractivity contribution in [3.63, 3.8) is 0 Å². The van der Waals surface area contributed by atoms with E-state index in [-0.39, 0.29) is 28.4 Å². The van der Waals surface area contributed by atoms with Crippen LogP contribution in [0.4, 0.5) is 19.0 Å². The summed E-state index contributed by atoms with van der Waals surface area (Å²) in [5.41, 5.74) is 0.0468. The number of pyridine rings is 1. The first kappa shape index (κ1) is 31.3. The molecule has 42 heavy (non-hydrogen) atoms. The van der Waals surface area contributed by atoms with E-state index in [0.717, 1.165) is 12.1 Å². The highest BCUT2D eigenvalue weighted by Crippen LogP contribution is 2.32. The van der Waals surface area contributed by atoms with E-state index in [1.807, 2.05) is 4.90 Å². The number of hydrogen-bond acceptors (Lipinski definition) is 8. The monoisotopic (exact) mass is 607 g/mol. The molecule has 1 saturated heterocycles. The van der Waals surface area contributed by atoms with E-state index in [0.29, 0.717) is 36.7 Å². The summed E-state index contributed by atoms with van der Waals surface area (Å²) in [7, 11) is -1.81. The predicted octanol–water partition coefficient (Wildman–Crippen LogP) is 4.03. The number of anilines is 1. The van der Waals surface area contributed by atoms with Crippen molar-refractivity contribution in [2.24, 2.45) is 0 Å². The van der Waals surface area contributed by atoms with Crippen LogP contribution in [0, 0.1) is 0 Å². The summed E-state index contributed by atoms with van der Waals surface area (Å²) in [4.78, 5) is 19.5. The number of benzene rings is 2. The van der Waals surface area contributed by atoms with Crippen molar-refractivity contribution in [3.8, 4) is 5.75 Å². The minimum atomic E-state index is -4.43. The molecule has 0 radical (unpaired) electrons. The zero-order valence-electron chi connectivity index (χ0n) is 23.0. The van der Waals surface area contributed by atoms with E-state index >= 15 is 0 Å². The molecular weight excluding hydrogens is 575 g/mol. The van der Waals surface area contributed by atoms with Gasteiger partial charge in [0.25, 0.3) is 5.91 Å². The first-order valence-electron chi connectivity index (χ1n) is 13.2. The fourth-order valence-corrected chi connectivity index (χ4v) is 5.63. The van der Waals surface area contributed by atoms with Crippen LogP contribution in [-0.4, -0.2) is 69.2 Å². The van der Waals surface area contributed by atoms with Crippen LogP contribution in [0.2, 0.25) is 0 Å². The van der Waals surface area contributed by atoms with Gasteiger partial charge in [0, 0.05) is 19.7 Å². The van der Waals surface area contributed by atoms with Crippen molar-refractivity contribution in [2.75, 3.05) is 37.5 Å². The molecule has 0 spiro atoms. The van der Waals surface area contributed by atoms with Crippen LogP contribution in [0.1, 0.15) is 40.9 Å². The quantitative estimate of drug-likeness (QED) is 0.336. The second-order valence-electron chi connectivity index (χ2n) is 9.85. The third-order valence-electron chi connectivity index (χ3n) is 7.03. The second-order valence-corrected chi connectivity index (χ2v) is 12.1. The number of sulfone groups is 1. The number of amides is 1. The molecule has 4 rings (SSSR count). The number of rotatable bonds is 11. The molecule has 13 heteroatoms. The third-order valence-corrected chi connectivity index (χ3v) is 8.78. The topological polar surface area (TPSA) is 118 Å². The summed E-state index contributed by atoms with van der Waals surface area (Å²) < 4.78 is 74.0. The Morgan fingerprint density at radius 2 is 1.81 bits per heavy atom. The Morgan fingerprint density at radius 3 is 2.36 bits per heavy atom. The van der Waals surface area contributed by atoms with Gasteiger partial charge in [0.2, 0.25) is 0 Å². The Hall–Kier alpha value is -3.68. The van der Waals surface area contributed by atoms with Gasteiger partial charge in [-0.2, -0.15) is 13.2 Å². The van der Waals surface area contributed by atoms with E-state index in [1.165, 1.54) is 30.5 Å². The summed E-state index contributed by atoms with van der Waals surface area (Å²) in [6, 6.07) is 12.9. The maximum absolute atomic E-state index is 12.9. The van der Waals surface area contributed by atoms with Crippen LogP contribution in [-0.2, 0) is 20.8 Å². The van der Waals surface area contributed by atoms with Crippen LogP contribution in [0.25, 0.3) is 0 Å². The molecule has 1 amide bonds. The molecule has 2 heterocycles. The molecular formula is C29H32F3N3O6S. The van der Waals surface area contributed by atoms with Gasteiger partial charge in [-0.1, -0.05) is 19.1 Å². The number of hydrogen-bond donors (Lipinski definition) is 2. The number of nitrogens with zero attached hydrogens (tertiary/aromatic N) is 2. The van der Waals surface area contributed by atoms with Crippen LogP contribution in [0.5, 0.6) is 5.75 Å². The number of carbonyl (C=O) groups is 1. The zero-order chi connectivity index (χ0) is 30.5. The molecule has 9 nitrogen and oxygen atoms in total. The van der Waals surface area contributed by atoms with Gasteiger partial charge in [-0.05, 0) is 54.1 Å². The number of aliphatic hydroxyl groups excluding tert-OH is 1. The van der Waals surface area contributed by atoms with Crippen molar-refractivity contribution in [3.05, 3.63) is 83.6 Å². The first-order chi connectivity index (χ1) is 19.9. The van der Waals surface area contributed by atoms with Crippen LogP contribution in [0.3, 0.4) is 0 Å². The summed E-state index contributed by atoms with van der Waals surface area (Å²) in [6.45, 7) is 1.93. The highest BCUT2D eigenvalue weighted by Gasteiger charge is 2.35. The number of aliphatic hydroxyl groups is 1. The molecule has 2 N–H and O–H groups in total. The van der Waals surface area contributed by atoms with Gasteiger partial charge in [-0.15, -0.1) is 0 Å². The molecule has 3 atom stereocenters. The fourth-order valence-electron chi connectivity index (χ4n) is 4.75. The highest BCUT2D eigenvalue weighted by atomic mass is 32.2. The van der Waals surface area contributed by atoms with Gasteiger partial charge in [0.15, 0.2) is 9.84 Å². The van der Waals surface area contributed by atoms with Crippen molar-refractivity contribution < 1.29 is 41.0 Å². The Morgan fingerprint density at radius 1 is 1.12 bits per heavy atom. The minimum absolute atomic E-state index is 0.0357. The summed E-state index contributed by atoms with van der Waals surface area (Å²) in [5, 5.41) is 12.6. The lowest BCUT2D eigenvalue weighted by Crippen LogP contribution is -2.34. The molecule has 1 unspecified atom stereocenters. The van der Waals surface area contributed by atoms with E-state index in [4.69, 9.17) is 9.47 Å². The molecule has 3 aromatic rings. The lowest BCUT2D eigenvalue weighted by molar-refractivity contribution is -0.137. The summed E-state index contributed by atoms with van der Waals surface area (Å²) in [6.07, 6.45) is -2.79. The standard InChI is InChI=1S/C29H32F3N3O6S/c1-3-42(38,39)25-11-4-19(5-12-25)26(17-36)34-28(37)20-6-13-27(33-15-20)35-16-24(14-22(35)18-40-2)41-23-9-7-21(8-10-23)29(30,31)32/h4-13,15,22,24,26,36H,3,14,16-18H2,1-2H3,(H,34,37)/t22-,24?,26-/m0/s1. The molecule has 1 aromatic heterocycles. The number of halogens is 3. The lowest BCUT2D eigenvalue weighted by atomic mass is 10.1. The van der Waals surface area contributed by atoms with Gasteiger partial charge in [0.1, 0.15) is 17.7 Å². The Balaban J connectivity index is 1.41. The van der Waals surface area contributed by atoms with Crippen LogP contribution in [0.15, 0.2) is 71.8 Å². The van der Waals surface area contributed by atoms with Gasteiger partial charge >= 0.3 is 6.18 Å². The first-order valence-corrected chi connectivity index (χ1v) is 14.9. The van der Waals surface area contributed by atoms with Crippen molar-refractivity contribution in [2.45, 2.75) is 42.6 Å². The third kappa shape index (κ3) is 7.39. The predicted molar refractivity (Wildman–Crippen MR) is 149 cm³/mol. The van der Waals surface area contributed by atoms with E-state index in [1.54, 1.807) is 38.3 Å². The summed E-state index contributed by atoms with van der Waals surface area (Å²) in [5.74, 6) is 0.382. The van der Waals surface area contributed by atoms with Gasteiger partial charge in [-0.25, -0.2) is 13.4 Å². The highest BCUT2D eigenvalue weighted by molar-refractivity contribution is 7.91. The molecule has 0 bridgehead atoms. The summed E-state index contributed by atoms with van der Waals surface area (Å²) >= 11 is 0. The SMILES string of the molecule is CCS(=O)(=O)c1ccc([C@H](CO)NC(=O)c2ccc(N3CC(Oc4ccc(C(F)(F)F)cc4)C[C@H]3COC)nc2)cc1. The van der Waals surface area contributed by atoms with Crippen LogP contribution >= 0.6 is 0 Å². The average molecular weight is 608 g/mol. The maximum atomic E-state index is 12.9. The molecule has 1 fully saturated rings. The number of aromatic nitrogens is 1. The van der Waals surface area contributed by atoms with Gasteiger partial charge in [-0.3, -0.25) is 4.79 Å². The van der Waals surface area contributed by atoms with Crippen molar-refractivity contribution >= 4 is 21.6 Å². The number of alkyl halides is 3. The maximum Gasteiger partial charge on any atom is 0.416 e. The fraction of sp³-hybridized carbons (Fsp3) is 0.379. The van der Waals surface area contributed by atoms with E-state index in [9.17, 15) is 31.5 Å². The Kier molecular flexibility index (Phi) is 9.74. The minimum Gasteiger partial charge on any atom is -0.489 e. The van der Waals surface area contributed by atoms with Gasteiger partial charge in [0.05, 0.1) is 53.6 Å². The molecule has 1 aliphatic rings. The zero-order valence-corrected chi connectivity index (χ0v) is 23.9. The van der Waals surface area contributed by atoms with Crippen molar-refractivity contribution in [1.29, 1.82) is 0 Å². The molecule has 1 aliphatic heterocycles. The average Bonchev–Trinajstić information content (AvgIpc) is 3.37. The number of carbonyl (C=O) groups excluding carboxylic acids is 1. The molecule has 226 valence electrons. The van der Waals surface area contributed by atoms with E-state index in [2.05, 4.69) is 10.3 Å². The smallest absolute Gasteiger partial charge is 0.416 e. The largest absolute Gasteiger partial charge is 0.489 e.